The highest BCUT2D eigenvalue weighted by Gasteiger charge is 2.21. The van der Waals surface area contributed by atoms with Crippen molar-refractivity contribution < 1.29 is 34.0 Å². The lowest BCUT2D eigenvalue weighted by Crippen LogP contribution is -2.14. The van der Waals surface area contributed by atoms with Crippen LogP contribution in [0.5, 0.6) is 0 Å². The third-order valence-corrected chi connectivity index (χ3v) is 4.17. The molecule has 0 saturated carbocycles. The Morgan fingerprint density at radius 1 is 0.774 bits per heavy atom. The standard InChI is InChI=1S/C20H26O6.C4H6O/c1-3-25-13-7-5-9-15-11-12-17(19(21)22)16(18(15)20(23)24)10-6-8-14-26-4-2;1-3-5-4-2/h3-4,11-12H,1-2,5-10,13-14H2,(H,21,22)(H,23,24);3-4H,1-2H2. The molecule has 2 N–H and O–H groups in total. The zero-order valence-electron chi connectivity index (χ0n) is 17.9. The molecular formula is C24H32O7. The molecular weight excluding hydrogens is 400 g/mol. The first-order chi connectivity index (χ1) is 14.9. The van der Waals surface area contributed by atoms with Crippen LogP contribution in [0, 0.1) is 0 Å². The predicted octanol–water partition coefficient (Wildman–Crippen LogP) is 5.34. The van der Waals surface area contributed by atoms with Crippen molar-refractivity contribution in [2.24, 2.45) is 0 Å². The SMILES string of the molecule is C=COC=C.C=COCCCCc1ccc(C(=O)O)c(CCCCOC=C)c1C(=O)O. The number of rotatable bonds is 16. The Kier molecular flexibility index (Phi) is 15.4. The van der Waals surface area contributed by atoms with Gasteiger partial charge in [0.05, 0.1) is 49.4 Å². The molecule has 1 aromatic carbocycles. The van der Waals surface area contributed by atoms with Crippen LogP contribution in [0.2, 0.25) is 0 Å². The Hall–Kier alpha value is -3.48. The first-order valence-corrected chi connectivity index (χ1v) is 9.88. The number of hydrogen-bond donors (Lipinski definition) is 2. The van der Waals surface area contributed by atoms with Gasteiger partial charge in [-0.25, -0.2) is 9.59 Å². The smallest absolute Gasteiger partial charge is 0.336 e. The van der Waals surface area contributed by atoms with Crippen LogP contribution in [0.1, 0.15) is 57.5 Å². The van der Waals surface area contributed by atoms with Gasteiger partial charge in [0.15, 0.2) is 0 Å². The Morgan fingerprint density at radius 2 is 1.32 bits per heavy atom. The van der Waals surface area contributed by atoms with Crippen LogP contribution in [-0.2, 0) is 27.1 Å². The third-order valence-electron chi connectivity index (χ3n) is 4.17. The first-order valence-electron chi connectivity index (χ1n) is 9.88. The molecule has 31 heavy (non-hydrogen) atoms. The number of carbonyl (C=O) groups is 2. The van der Waals surface area contributed by atoms with Gasteiger partial charge in [-0.05, 0) is 55.7 Å². The summed E-state index contributed by atoms with van der Waals surface area (Å²) in [5, 5.41) is 19.1. The molecule has 0 heterocycles. The maximum absolute atomic E-state index is 11.8. The zero-order chi connectivity index (χ0) is 23.5. The van der Waals surface area contributed by atoms with Crippen LogP contribution in [0.25, 0.3) is 0 Å². The average molecular weight is 433 g/mol. The van der Waals surface area contributed by atoms with E-state index in [-0.39, 0.29) is 11.1 Å². The van der Waals surface area contributed by atoms with Crippen LogP contribution in [-0.4, -0.2) is 35.4 Å². The molecule has 0 radical (unpaired) electrons. The molecule has 0 amide bonds. The maximum Gasteiger partial charge on any atom is 0.336 e. The van der Waals surface area contributed by atoms with Gasteiger partial charge in [0.25, 0.3) is 0 Å². The Balaban J connectivity index is 0.00000161. The fourth-order valence-electron chi connectivity index (χ4n) is 2.85. The highest BCUT2D eigenvalue weighted by molar-refractivity contribution is 5.97. The molecule has 0 aliphatic heterocycles. The summed E-state index contributed by atoms with van der Waals surface area (Å²) in [6.45, 7) is 14.4. The Bertz CT molecular complexity index is 732. The molecule has 0 saturated heterocycles. The van der Waals surface area contributed by atoms with E-state index in [0.717, 1.165) is 12.8 Å². The molecule has 0 aliphatic rings. The van der Waals surface area contributed by atoms with E-state index in [1.54, 1.807) is 6.07 Å². The quantitative estimate of drug-likeness (QED) is 0.268. The van der Waals surface area contributed by atoms with Gasteiger partial charge in [0, 0.05) is 0 Å². The van der Waals surface area contributed by atoms with Crippen molar-refractivity contribution >= 4 is 11.9 Å². The van der Waals surface area contributed by atoms with Crippen LogP contribution in [0.15, 0.2) is 63.5 Å². The molecule has 0 atom stereocenters. The van der Waals surface area contributed by atoms with Crippen molar-refractivity contribution in [3.8, 4) is 0 Å². The molecule has 0 aliphatic carbocycles. The highest BCUT2D eigenvalue weighted by atomic mass is 16.5. The van der Waals surface area contributed by atoms with E-state index in [1.165, 1.54) is 31.1 Å². The Morgan fingerprint density at radius 3 is 1.74 bits per heavy atom. The number of ether oxygens (including phenoxy) is 3. The number of aromatic carboxylic acids is 2. The fraction of sp³-hybridized carbons (Fsp3) is 0.333. The van der Waals surface area contributed by atoms with E-state index >= 15 is 0 Å². The van der Waals surface area contributed by atoms with Crippen molar-refractivity contribution in [3.05, 3.63) is 85.8 Å². The number of carboxylic acid groups (broad SMARTS) is 2. The number of benzene rings is 1. The van der Waals surface area contributed by atoms with E-state index in [9.17, 15) is 19.8 Å². The van der Waals surface area contributed by atoms with E-state index in [4.69, 9.17) is 9.47 Å². The van der Waals surface area contributed by atoms with E-state index in [0.29, 0.717) is 50.0 Å². The predicted molar refractivity (Wildman–Crippen MR) is 120 cm³/mol. The van der Waals surface area contributed by atoms with Gasteiger partial charge in [-0.2, -0.15) is 0 Å². The number of hydrogen-bond acceptors (Lipinski definition) is 5. The fourth-order valence-corrected chi connectivity index (χ4v) is 2.85. The second-order valence-corrected chi connectivity index (χ2v) is 6.19. The molecule has 1 aromatic rings. The second-order valence-electron chi connectivity index (χ2n) is 6.19. The molecule has 1 rings (SSSR count). The summed E-state index contributed by atoms with van der Waals surface area (Å²) in [4.78, 5) is 23.3. The van der Waals surface area contributed by atoms with Crippen molar-refractivity contribution in [2.75, 3.05) is 13.2 Å². The van der Waals surface area contributed by atoms with Crippen LogP contribution < -0.4 is 0 Å². The van der Waals surface area contributed by atoms with Crippen molar-refractivity contribution in [1.82, 2.24) is 0 Å². The molecule has 0 aromatic heterocycles. The van der Waals surface area contributed by atoms with Crippen molar-refractivity contribution in [1.29, 1.82) is 0 Å². The summed E-state index contributed by atoms with van der Waals surface area (Å²) in [7, 11) is 0. The van der Waals surface area contributed by atoms with Gasteiger partial charge in [-0.15, -0.1) is 0 Å². The summed E-state index contributed by atoms with van der Waals surface area (Å²) >= 11 is 0. The van der Waals surface area contributed by atoms with Crippen molar-refractivity contribution in [2.45, 2.75) is 38.5 Å². The summed E-state index contributed by atoms with van der Waals surface area (Å²) in [6.07, 6.45) is 9.10. The minimum Gasteiger partial charge on any atom is -0.502 e. The van der Waals surface area contributed by atoms with Gasteiger partial charge in [-0.3, -0.25) is 0 Å². The van der Waals surface area contributed by atoms with Gasteiger partial charge < -0.3 is 24.4 Å². The van der Waals surface area contributed by atoms with Gasteiger partial charge in [-0.1, -0.05) is 32.4 Å². The topological polar surface area (TPSA) is 102 Å². The minimum absolute atomic E-state index is 0.0470. The summed E-state index contributed by atoms with van der Waals surface area (Å²) in [5.41, 5.74) is 1.19. The van der Waals surface area contributed by atoms with Gasteiger partial charge >= 0.3 is 11.9 Å². The highest BCUT2D eigenvalue weighted by Crippen LogP contribution is 2.24. The monoisotopic (exact) mass is 432 g/mol. The first kappa shape index (κ1) is 27.5. The second kappa shape index (κ2) is 17.4. The normalized spacial score (nSPS) is 9.42. The lowest BCUT2D eigenvalue weighted by atomic mass is 9.90. The number of aryl methyl sites for hydroxylation is 1. The summed E-state index contributed by atoms with van der Waals surface area (Å²) < 4.78 is 14.5. The van der Waals surface area contributed by atoms with Crippen LogP contribution in [0.4, 0.5) is 0 Å². The molecule has 0 spiro atoms. The molecule has 170 valence electrons. The molecule has 0 unspecified atom stereocenters. The van der Waals surface area contributed by atoms with E-state index in [2.05, 4.69) is 31.1 Å². The maximum atomic E-state index is 11.8. The largest absolute Gasteiger partial charge is 0.502 e. The number of unbranched alkanes of at least 4 members (excludes halogenated alkanes) is 2. The van der Waals surface area contributed by atoms with Gasteiger partial charge in [0.1, 0.15) is 0 Å². The van der Waals surface area contributed by atoms with E-state index in [1.807, 2.05) is 0 Å². The Labute approximate surface area is 183 Å². The van der Waals surface area contributed by atoms with Crippen LogP contribution >= 0.6 is 0 Å². The molecule has 7 heteroatoms. The lowest BCUT2D eigenvalue weighted by Gasteiger charge is -2.15. The molecule has 0 fully saturated rings. The molecule has 7 nitrogen and oxygen atoms in total. The van der Waals surface area contributed by atoms with Gasteiger partial charge in [0.2, 0.25) is 0 Å². The molecule has 0 bridgehead atoms. The average Bonchev–Trinajstić information content (AvgIpc) is 2.74. The lowest BCUT2D eigenvalue weighted by molar-refractivity contribution is 0.0694. The van der Waals surface area contributed by atoms with Crippen molar-refractivity contribution in [3.63, 3.8) is 0 Å². The summed E-state index contributed by atoms with van der Waals surface area (Å²) in [6, 6.07) is 3.10. The zero-order valence-corrected chi connectivity index (χ0v) is 17.9. The third kappa shape index (κ3) is 11.3. The minimum atomic E-state index is -1.12. The number of carboxylic acids is 2. The van der Waals surface area contributed by atoms with Crippen LogP contribution in [0.3, 0.4) is 0 Å². The summed E-state index contributed by atoms with van der Waals surface area (Å²) in [5.74, 6) is -2.21. The van der Waals surface area contributed by atoms with E-state index < -0.39 is 11.9 Å².